The fraction of sp³-hybridized carbons (Fsp3) is 0.368. The fourth-order valence-electron chi connectivity index (χ4n) is 2.83. The highest BCUT2D eigenvalue weighted by Crippen LogP contribution is 2.24. The number of nitrogens with one attached hydrogen (secondary N) is 1. The molecule has 0 bridgehead atoms. The van der Waals surface area contributed by atoms with Crippen molar-refractivity contribution >= 4 is 15.7 Å². The second-order valence-electron chi connectivity index (χ2n) is 6.20. The monoisotopic (exact) mass is 394 g/mol. The maximum absolute atomic E-state index is 13.5. The number of hydrogen-bond acceptors (Lipinski definition) is 5. The Morgan fingerprint density at radius 1 is 1.19 bits per heavy atom. The van der Waals surface area contributed by atoms with E-state index < -0.39 is 15.8 Å². The first kappa shape index (κ1) is 19.6. The molecule has 0 amide bonds. The van der Waals surface area contributed by atoms with E-state index in [0.29, 0.717) is 44.1 Å². The molecule has 6 nitrogen and oxygen atoms in total. The van der Waals surface area contributed by atoms with Gasteiger partial charge in [-0.2, -0.15) is 4.31 Å². The normalized spacial score (nSPS) is 15.5. The molecule has 146 valence electrons. The molecule has 2 aromatic rings. The van der Waals surface area contributed by atoms with Gasteiger partial charge in [-0.1, -0.05) is 18.2 Å². The molecule has 0 unspecified atom stereocenters. The summed E-state index contributed by atoms with van der Waals surface area (Å²) < 4.78 is 51.4. The van der Waals surface area contributed by atoms with Gasteiger partial charge in [0.05, 0.1) is 18.1 Å². The molecular weight excluding hydrogens is 371 g/mol. The Hall–Kier alpha value is -2.16. The second-order valence-corrected chi connectivity index (χ2v) is 8.11. The summed E-state index contributed by atoms with van der Waals surface area (Å²) >= 11 is 0. The topological polar surface area (TPSA) is 67.9 Å². The average molecular weight is 394 g/mol. The van der Waals surface area contributed by atoms with Crippen molar-refractivity contribution < 1.29 is 22.3 Å². The predicted molar refractivity (Wildman–Crippen MR) is 101 cm³/mol. The van der Waals surface area contributed by atoms with Crippen LogP contribution in [0.3, 0.4) is 0 Å². The van der Waals surface area contributed by atoms with Crippen molar-refractivity contribution in [2.24, 2.45) is 0 Å². The number of halogens is 1. The first-order valence-electron chi connectivity index (χ1n) is 8.78. The Morgan fingerprint density at radius 2 is 1.93 bits per heavy atom. The molecule has 1 aliphatic heterocycles. The van der Waals surface area contributed by atoms with E-state index in [9.17, 15) is 12.8 Å². The zero-order valence-electron chi connectivity index (χ0n) is 15.2. The van der Waals surface area contributed by atoms with Gasteiger partial charge in [-0.05, 0) is 36.8 Å². The molecule has 0 spiro atoms. The van der Waals surface area contributed by atoms with Gasteiger partial charge in [-0.15, -0.1) is 0 Å². The summed E-state index contributed by atoms with van der Waals surface area (Å²) in [5.74, 6) is -0.217. The number of benzene rings is 2. The first-order chi connectivity index (χ1) is 13.0. The summed E-state index contributed by atoms with van der Waals surface area (Å²) in [4.78, 5) is 0.282. The quantitative estimate of drug-likeness (QED) is 0.732. The minimum Gasteiger partial charge on any atom is -0.489 e. The first-order valence-corrected chi connectivity index (χ1v) is 10.2. The van der Waals surface area contributed by atoms with E-state index in [1.54, 1.807) is 37.3 Å². The molecule has 1 fully saturated rings. The lowest BCUT2D eigenvalue weighted by Crippen LogP contribution is -2.40. The average Bonchev–Trinajstić information content (AvgIpc) is 2.68. The van der Waals surface area contributed by atoms with E-state index in [1.807, 2.05) is 6.07 Å². The summed E-state index contributed by atoms with van der Waals surface area (Å²) in [6.07, 6.45) is 0. The molecule has 0 aromatic heterocycles. The largest absolute Gasteiger partial charge is 0.489 e. The van der Waals surface area contributed by atoms with Crippen molar-refractivity contribution in [1.82, 2.24) is 4.31 Å². The summed E-state index contributed by atoms with van der Waals surface area (Å²) in [6.45, 7) is 3.96. The van der Waals surface area contributed by atoms with Crippen molar-refractivity contribution in [3.05, 3.63) is 53.8 Å². The van der Waals surface area contributed by atoms with Crippen LogP contribution < -0.4 is 10.1 Å². The van der Waals surface area contributed by atoms with Crippen LogP contribution in [-0.4, -0.2) is 52.2 Å². The molecule has 1 aliphatic rings. The number of nitrogens with zero attached hydrogens (tertiary/aromatic N) is 1. The third kappa shape index (κ3) is 4.77. The minimum atomic E-state index is -3.56. The highest BCUT2D eigenvalue weighted by Gasteiger charge is 2.27. The molecule has 0 atom stereocenters. The fourth-order valence-corrected chi connectivity index (χ4v) is 4.49. The van der Waals surface area contributed by atoms with E-state index in [0.717, 1.165) is 0 Å². The standard InChI is InChI=1S/C19H23FN2O4S/c1-15-6-7-16(21-8-11-26-18-5-3-2-4-17(18)20)14-19(15)27(23,24)22-9-12-25-13-10-22/h2-7,14,21H,8-13H2,1H3. The van der Waals surface area contributed by atoms with Crippen LogP contribution in [0, 0.1) is 12.7 Å². The number of morpholine rings is 1. The van der Waals surface area contributed by atoms with Crippen LogP contribution in [0.15, 0.2) is 47.4 Å². The summed E-state index contributed by atoms with van der Waals surface area (Å²) in [7, 11) is -3.56. The van der Waals surface area contributed by atoms with Crippen LogP contribution >= 0.6 is 0 Å². The highest BCUT2D eigenvalue weighted by molar-refractivity contribution is 7.89. The molecule has 1 saturated heterocycles. The number of ether oxygens (including phenoxy) is 2. The zero-order valence-corrected chi connectivity index (χ0v) is 16.0. The molecule has 0 aliphatic carbocycles. The van der Waals surface area contributed by atoms with Crippen LogP contribution in [0.4, 0.5) is 10.1 Å². The maximum Gasteiger partial charge on any atom is 0.243 e. The van der Waals surface area contributed by atoms with Gasteiger partial charge in [-0.25, -0.2) is 12.8 Å². The molecular formula is C19H23FN2O4S. The van der Waals surface area contributed by atoms with Gasteiger partial charge in [-0.3, -0.25) is 0 Å². The van der Waals surface area contributed by atoms with Gasteiger partial charge >= 0.3 is 0 Å². The number of sulfonamides is 1. The Labute approximate surface area is 159 Å². The van der Waals surface area contributed by atoms with Crippen molar-refractivity contribution in [1.29, 1.82) is 0 Å². The Kier molecular flexibility index (Phi) is 6.30. The van der Waals surface area contributed by atoms with Crippen molar-refractivity contribution in [2.75, 3.05) is 44.8 Å². The number of anilines is 1. The van der Waals surface area contributed by atoms with Gasteiger partial charge in [0.1, 0.15) is 6.61 Å². The number of rotatable bonds is 7. The van der Waals surface area contributed by atoms with Crippen molar-refractivity contribution in [2.45, 2.75) is 11.8 Å². The van der Waals surface area contributed by atoms with E-state index in [2.05, 4.69) is 5.32 Å². The van der Waals surface area contributed by atoms with Crippen molar-refractivity contribution in [3.63, 3.8) is 0 Å². The van der Waals surface area contributed by atoms with E-state index in [1.165, 1.54) is 10.4 Å². The van der Waals surface area contributed by atoms with Gasteiger partial charge in [0, 0.05) is 25.3 Å². The highest BCUT2D eigenvalue weighted by atomic mass is 32.2. The number of aryl methyl sites for hydroxylation is 1. The third-order valence-electron chi connectivity index (χ3n) is 4.30. The molecule has 8 heteroatoms. The Bertz CT molecular complexity index is 883. The molecule has 27 heavy (non-hydrogen) atoms. The van der Waals surface area contributed by atoms with Crippen molar-refractivity contribution in [3.8, 4) is 5.75 Å². The van der Waals surface area contributed by atoms with Gasteiger partial charge in [0.25, 0.3) is 0 Å². The van der Waals surface area contributed by atoms with Crippen LogP contribution in [0.2, 0.25) is 0 Å². The zero-order chi connectivity index (χ0) is 19.3. The smallest absolute Gasteiger partial charge is 0.243 e. The van der Waals surface area contributed by atoms with Crippen LogP contribution in [-0.2, 0) is 14.8 Å². The number of para-hydroxylation sites is 1. The lowest BCUT2D eigenvalue weighted by molar-refractivity contribution is 0.0730. The van der Waals surface area contributed by atoms with E-state index in [4.69, 9.17) is 9.47 Å². The molecule has 3 rings (SSSR count). The van der Waals surface area contributed by atoms with E-state index >= 15 is 0 Å². The Balaban J connectivity index is 1.64. The second kappa shape index (κ2) is 8.69. The van der Waals surface area contributed by atoms with Gasteiger partial charge < -0.3 is 14.8 Å². The lowest BCUT2D eigenvalue weighted by Gasteiger charge is -2.27. The summed E-state index contributed by atoms with van der Waals surface area (Å²) in [5, 5.41) is 3.12. The SMILES string of the molecule is Cc1ccc(NCCOc2ccccc2F)cc1S(=O)(=O)N1CCOCC1. The lowest BCUT2D eigenvalue weighted by atomic mass is 10.2. The molecule has 0 saturated carbocycles. The number of hydrogen-bond donors (Lipinski definition) is 1. The third-order valence-corrected chi connectivity index (χ3v) is 6.34. The van der Waals surface area contributed by atoms with Gasteiger partial charge in [0.15, 0.2) is 11.6 Å². The van der Waals surface area contributed by atoms with Gasteiger partial charge in [0.2, 0.25) is 10.0 Å². The molecule has 2 aromatic carbocycles. The van der Waals surface area contributed by atoms with Crippen LogP contribution in [0.25, 0.3) is 0 Å². The maximum atomic E-state index is 13.5. The summed E-state index contributed by atoms with van der Waals surface area (Å²) in [5.41, 5.74) is 1.36. The molecule has 1 N–H and O–H groups in total. The van der Waals surface area contributed by atoms with Crippen LogP contribution in [0.5, 0.6) is 5.75 Å². The molecule has 0 radical (unpaired) electrons. The molecule has 1 heterocycles. The van der Waals surface area contributed by atoms with Crippen LogP contribution in [0.1, 0.15) is 5.56 Å². The summed E-state index contributed by atoms with van der Waals surface area (Å²) in [6, 6.07) is 11.4. The predicted octanol–water partition coefficient (Wildman–Crippen LogP) is 2.65. The Morgan fingerprint density at radius 3 is 2.67 bits per heavy atom. The van der Waals surface area contributed by atoms with E-state index in [-0.39, 0.29) is 17.3 Å². The minimum absolute atomic E-state index is 0.193.